The minimum absolute atomic E-state index is 0.161. The Morgan fingerprint density at radius 3 is 2.37 bits per heavy atom. The van der Waals surface area contributed by atoms with E-state index in [4.69, 9.17) is 0 Å². The van der Waals surface area contributed by atoms with Crippen molar-refractivity contribution in [3.05, 3.63) is 46.7 Å². The molecule has 3 rings (SSSR count). The number of nitrogens with zero attached hydrogens (tertiary/aromatic N) is 4. The van der Waals surface area contributed by atoms with Gasteiger partial charge in [-0.15, -0.1) is 0 Å². The molecule has 0 bridgehead atoms. The van der Waals surface area contributed by atoms with Gasteiger partial charge in [0.2, 0.25) is 5.91 Å². The zero-order chi connectivity index (χ0) is 19.4. The highest BCUT2D eigenvalue weighted by atomic mass is 79.9. The second kappa shape index (κ2) is 8.22. The molecule has 10 heteroatoms. The maximum atomic E-state index is 12.6. The third-order valence-electron chi connectivity index (χ3n) is 4.13. The minimum Gasteiger partial charge on any atom is -0.354 e. The topological polar surface area (TPSA) is 61.4 Å². The number of hydrogen-bond donors (Lipinski definition) is 1. The zero-order valence-corrected chi connectivity index (χ0v) is 15.8. The van der Waals surface area contributed by atoms with Crippen LogP contribution < -0.4 is 10.2 Å². The van der Waals surface area contributed by atoms with Gasteiger partial charge in [0.1, 0.15) is 11.6 Å². The quantitative estimate of drug-likeness (QED) is 0.786. The molecule has 1 N–H and O–H groups in total. The van der Waals surface area contributed by atoms with E-state index in [1.54, 1.807) is 18.3 Å². The summed E-state index contributed by atoms with van der Waals surface area (Å²) in [7, 11) is 0. The van der Waals surface area contributed by atoms with Crippen LogP contribution in [-0.4, -0.2) is 53.5 Å². The second-order valence-corrected chi connectivity index (χ2v) is 6.99. The summed E-state index contributed by atoms with van der Waals surface area (Å²) >= 11 is 3.28. The van der Waals surface area contributed by atoms with Crippen LogP contribution in [0.1, 0.15) is 5.56 Å². The summed E-state index contributed by atoms with van der Waals surface area (Å²) in [6.07, 6.45) is -1.94. The lowest BCUT2D eigenvalue weighted by atomic mass is 10.2. The summed E-state index contributed by atoms with van der Waals surface area (Å²) in [5.74, 6) is 0.827. The van der Waals surface area contributed by atoms with Crippen molar-refractivity contribution in [1.82, 2.24) is 14.9 Å². The van der Waals surface area contributed by atoms with Gasteiger partial charge < -0.3 is 10.2 Å². The number of anilines is 2. The maximum absolute atomic E-state index is 12.6. The number of hydrogen-bond acceptors (Lipinski definition) is 5. The van der Waals surface area contributed by atoms with E-state index in [1.807, 2.05) is 9.80 Å². The van der Waals surface area contributed by atoms with Crippen molar-refractivity contribution in [3.63, 3.8) is 0 Å². The third kappa shape index (κ3) is 5.39. The van der Waals surface area contributed by atoms with Gasteiger partial charge in [-0.2, -0.15) is 13.2 Å². The van der Waals surface area contributed by atoms with Gasteiger partial charge in [-0.25, -0.2) is 9.97 Å². The Hall–Kier alpha value is -2.20. The van der Waals surface area contributed by atoms with E-state index >= 15 is 0 Å². The van der Waals surface area contributed by atoms with Crippen molar-refractivity contribution in [2.45, 2.75) is 6.18 Å². The van der Waals surface area contributed by atoms with Crippen LogP contribution in [0.3, 0.4) is 0 Å². The molecule has 1 aliphatic heterocycles. The summed E-state index contributed by atoms with van der Waals surface area (Å²) in [5.41, 5.74) is -0.761. The van der Waals surface area contributed by atoms with Crippen LogP contribution in [0.15, 0.2) is 41.1 Å². The number of rotatable bonds is 4. The molecule has 0 radical (unpaired) electrons. The zero-order valence-electron chi connectivity index (χ0n) is 14.2. The lowest BCUT2D eigenvalue weighted by Gasteiger charge is -2.35. The summed E-state index contributed by atoms with van der Waals surface area (Å²) in [6, 6.07) is 5.91. The molecule has 0 saturated carbocycles. The summed E-state index contributed by atoms with van der Waals surface area (Å²) < 4.78 is 38.6. The average Bonchev–Trinajstić information content (AvgIpc) is 2.64. The van der Waals surface area contributed by atoms with E-state index in [0.29, 0.717) is 37.8 Å². The standard InChI is InChI=1S/C17H17BrF3N5O/c18-13-2-3-14(22-10-13)24-16(27)11-25-5-7-26(8-6-25)15-4-1-12(9-23-15)17(19,20)21/h1-4,9-10H,5-8,11H2,(H,22,24,27). The van der Waals surface area contributed by atoms with Crippen molar-refractivity contribution in [2.75, 3.05) is 42.9 Å². The van der Waals surface area contributed by atoms with E-state index in [-0.39, 0.29) is 12.5 Å². The number of aromatic nitrogens is 2. The molecule has 144 valence electrons. The highest BCUT2D eigenvalue weighted by Gasteiger charge is 2.31. The molecule has 0 aliphatic carbocycles. The third-order valence-corrected chi connectivity index (χ3v) is 4.60. The number of carbonyl (C=O) groups is 1. The molecular weight excluding hydrogens is 427 g/mol. The van der Waals surface area contributed by atoms with Gasteiger partial charge in [-0.05, 0) is 40.2 Å². The largest absolute Gasteiger partial charge is 0.417 e. The first-order chi connectivity index (χ1) is 12.8. The Morgan fingerprint density at radius 2 is 1.81 bits per heavy atom. The second-order valence-electron chi connectivity index (χ2n) is 6.08. The first kappa shape index (κ1) is 19.6. The molecule has 0 unspecified atom stereocenters. The Bertz CT molecular complexity index is 775. The van der Waals surface area contributed by atoms with Gasteiger partial charge in [0.25, 0.3) is 0 Å². The highest BCUT2D eigenvalue weighted by Crippen LogP contribution is 2.29. The highest BCUT2D eigenvalue weighted by molar-refractivity contribution is 9.10. The fourth-order valence-corrected chi connectivity index (χ4v) is 2.95. The van der Waals surface area contributed by atoms with Crippen molar-refractivity contribution in [1.29, 1.82) is 0 Å². The number of alkyl halides is 3. The van der Waals surface area contributed by atoms with Crippen LogP contribution in [0, 0.1) is 0 Å². The lowest BCUT2D eigenvalue weighted by Crippen LogP contribution is -2.49. The molecule has 1 saturated heterocycles. The van der Waals surface area contributed by atoms with Crippen LogP contribution in [0.5, 0.6) is 0 Å². The lowest BCUT2D eigenvalue weighted by molar-refractivity contribution is -0.137. The first-order valence-corrected chi connectivity index (χ1v) is 9.02. The van der Waals surface area contributed by atoms with E-state index < -0.39 is 11.7 Å². The van der Waals surface area contributed by atoms with Crippen molar-refractivity contribution < 1.29 is 18.0 Å². The molecule has 27 heavy (non-hydrogen) atoms. The monoisotopic (exact) mass is 443 g/mol. The molecule has 0 atom stereocenters. The van der Waals surface area contributed by atoms with E-state index in [1.165, 1.54) is 6.07 Å². The van der Waals surface area contributed by atoms with Crippen LogP contribution >= 0.6 is 15.9 Å². The number of piperazine rings is 1. The number of amides is 1. The molecule has 0 aromatic carbocycles. The van der Waals surface area contributed by atoms with Gasteiger partial charge in [0.15, 0.2) is 0 Å². The number of nitrogens with one attached hydrogen (secondary N) is 1. The van der Waals surface area contributed by atoms with Crippen molar-refractivity contribution in [2.24, 2.45) is 0 Å². The number of pyridine rings is 2. The fourth-order valence-electron chi connectivity index (χ4n) is 2.71. The molecule has 6 nitrogen and oxygen atoms in total. The van der Waals surface area contributed by atoms with Gasteiger partial charge in [-0.3, -0.25) is 9.69 Å². The van der Waals surface area contributed by atoms with Crippen molar-refractivity contribution >= 4 is 33.5 Å². The van der Waals surface area contributed by atoms with Gasteiger partial charge in [0, 0.05) is 43.0 Å². The summed E-state index contributed by atoms with van der Waals surface area (Å²) in [4.78, 5) is 24.0. The molecule has 1 aliphatic rings. The molecule has 1 fully saturated rings. The van der Waals surface area contributed by atoms with Gasteiger partial charge in [-0.1, -0.05) is 0 Å². The fraction of sp³-hybridized carbons (Fsp3) is 0.353. The number of halogens is 4. The smallest absolute Gasteiger partial charge is 0.354 e. The minimum atomic E-state index is -4.39. The Labute approximate surface area is 162 Å². The molecule has 1 amide bonds. The predicted octanol–water partition coefficient (Wildman–Crippen LogP) is 3.02. The van der Waals surface area contributed by atoms with E-state index in [2.05, 4.69) is 31.2 Å². The Morgan fingerprint density at radius 1 is 1.07 bits per heavy atom. The predicted molar refractivity (Wildman–Crippen MR) is 98.5 cm³/mol. The van der Waals surface area contributed by atoms with E-state index in [0.717, 1.165) is 16.7 Å². The molecule has 2 aromatic rings. The SMILES string of the molecule is O=C(CN1CCN(c2ccc(C(F)(F)F)cn2)CC1)Nc1ccc(Br)cn1. The van der Waals surface area contributed by atoms with Crippen LogP contribution in [0.25, 0.3) is 0 Å². The molecule has 0 spiro atoms. The van der Waals surface area contributed by atoms with Crippen LogP contribution in [0.4, 0.5) is 24.8 Å². The maximum Gasteiger partial charge on any atom is 0.417 e. The summed E-state index contributed by atoms with van der Waals surface area (Å²) in [5, 5.41) is 2.73. The Balaban J connectivity index is 1.48. The average molecular weight is 444 g/mol. The van der Waals surface area contributed by atoms with Crippen LogP contribution in [-0.2, 0) is 11.0 Å². The normalized spacial score (nSPS) is 15.6. The number of carbonyl (C=O) groups excluding carboxylic acids is 1. The van der Waals surface area contributed by atoms with Gasteiger partial charge >= 0.3 is 6.18 Å². The molecule has 2 aromatic heterocycles. The van der Waals surface area contributed by atoms with Gasteiger partial charge in [0.05, 0.1) is 12.1 Å². The Kier molecular flexibility index (Phi) is 5.95. The van der Waals surface area contributed by atoms with Crippen LogP contribution in [0.2, 0.25) is 0 Å². The first-order valence-electron chi connectivity index (χ1n) is 8.23. The summed E-state index contributed by atoms with van der Waals surface area (Å²) in [6.45, 7) is 2.63. The van der Waals surface area contributed by atoms with Crippen molar-refractivity contribution in [3.8, 4) is 0 Å². The molecule has 3 heterocycles. The molecular formula is C17H17BrF3N5O. The van der Waals surface area contributed by atoms with E-state index in [9.17, 15) is 18.0 Å².